The van der Waals surface area contributed by atoms with E-state index in [1.165, 1.54) is 17.4 Å². The molecule has 0 fully saturated rings. The third kappa shape index (κ3) is 2.35. The highest BCUT2D eigenvalue weighted by atomic mass is 79.9. The Bertz CT molecular complexity index is 635. The molecule has 0 bridgehead atoms. The van der Waals surface area contributed by atoms with Crippen LogP contribution in [-0.4, -0.2) is 4.98 Å². The molecule has 0 spiro atoms. The van der Waals surface area contributed by atoms with E-state index in [-0.39, 0.29) is 5.82 Å². The molecule has 0 saturated carbocycles. The van der Waals surface area contributed by atoms with Gasteiger partial charge < -0.3 is 0 Å². The highest BCUT2D eigenvalue weighted by molar-refractivity contribution is 9.10. The van der Waals surface area contributed by atoms with Crippen molar-refractivity contribution >= 4 is 32.8 Å². The average Bonchev–Trinajstić information content (AvgIpc) is 2.80. The number of nitriles is 1. The van der Waals surface area contributed by atoms with Crippen molar-refractivity contribution in [2.75, 3.05) is 0 Å². The van der Waals surface area contributed by atoms with Crippen LogP contribution in [-0.2, 0) is 0 Å². The molecule has 0 unspecified atom stereocenters. The molecule has 0 atom stereocenters. The minimum absolute atomic E-state index is 0.333. The van der Waals surface area contributed by atoms with Gasteiger partial charge in [0.25, 0.3) is 0 Å². The lowest BCUT2D eigenvalue weighted by molar-refractivity contribution is 0.630. The number of aromatic nitrogens is 1. The first-order chi connectivity index (χ1) is 8.67. The fourth-order valence-electron chi connectivity index (χ4n) is 1.49. The molecular weight excluding hydrogens is 315 g/mol. The van der Waals surface area contributed by atoms with Crippen molar-refractivity contribution in [1.29, 1.82) is 5.26 Å². The summed E-state index contributed by atoms with van der Waals surface area (Å²) in [5.74, 6) is -0.333. The van der Waals surface area contributed by atoms with E-state index in [9.17, 15) is 4.39 Å². The van der Waals surface area contributed by atoms with Gasteiger partial charge in [0, 0.05) is 9.85 Å². The normalized spacial score (nSPS) is 11.3. The highest BCUT2D eigenvalue weighted by Gasteiger charge is 2.14. The second-order valence-corrected chi connectivity index (χ2v) is 5.16. The number of hydrogen-bond acceptors (Lipinski definition) is 3. The predicted molar refractivity (Wildman–Crippen MR) is 74.5 cm³/mol. The van der Waals surface area contributed by atoms with E-state index in [4.69, 9.17) is 5.26 Å². The molecule has 0 aliphatic heterocycles. The maximum Gasteiger partial charge on any atom is 0.134 e. The van der Waals surface area contributed by atoms with Gasteiger partial charge in [0.2, 0.25) is 0 Å². The molecule has 0 N–H and O–H groups in total. The van der Waals surface area contributed by atoms with Gasteiger partial charge in [0.1, 0.15) is 16.9 Å². The predicted octanol–water partition coefficient (Wildman–Crippen LogP) is 4.64. The number of nitrogens with zero attached hydrogens (tertiary/aromatic N) is 2. The molecule has 0 amide bonds. The summed E-state index contributed by atoms with van der Waals surface area (Å²) >= 11 is 4.64. The molecule has 0 saturated heterocycles. The zero-order valence-corrected chi connectivity index (χ0v) is 11.8. The van der Waals surface area contributed by atoms with Gasteiger partial charge >= 0.3 is 0 Å². The van der Waals surface area contributed by atoms with Gasteiger partial charge in [0.15, 0.2) is 0 Å². The third-order valence-corrected chi connectivity index (χ3v) is 3.90. The first-order valence-corrected chi connectivity index (χ1v) is 6.81. The van der Waals surface area contributed by atoms with Crippen LogP contribution >= 0.6 is 27.3 Å². The summed E-state index contributed by atoms with van der Waals surface area (Å²) in [4.78, 5) is 4.30. The number of hydrogen-bond donors (Lipinski definition) is 0. The van der Waals surface area contributed by atoms with E-state index in [0.717, 1.165) is 0 Å². The smallest absolute Gasteiger partial charge is 0.134 e. The number of benzene rings is 1. The molecule has 5 heteroatoms. The third-order valence-electron chi connectivity index (χ3n) is 2.36. The van der Waals surface area contributed by atoms with Crippen molar-refractivity contribution in [1.82, 2.24) is 4.98 Å². The lowest BCUT2D eigenvalue weighted by atomic mass is 10.1. The maximum atomic E-state index is 13.8. The topological polar surface area (TPSA) is 36.7 Å². The summed E-state index contributed by atoms with van der Waals surface area (Å²) in [6.07, 6.45) is 1.69. The monoisotopic (exact) mass is 322 g/mol. The van der Waals surface area contributed by atoms with Gasteiger partial charge in [-0.05, 0) is 35.0 Å². The Morgan fingerprint density at radius 2 is 2.33 bits per heavy atom. The number of allylic oxidation sites excluding steroid dienone is 2. The largest absolute Gasteiger partial charge is 0.235 e. The van der Waals surface area contributed by atoms with Crippen molar-refractivity contribution in [2.24, 2.45) is 0 Å². The lowest BCUT2D eigenvalue weighted by Crippen LogP contribution is -1.87. The van der Waals surface area contributed by atoms with E-state index >= 15 is 0 Å². The molecule has 2 aromatic rings. The summed E-state index contributed by atoms with van der Waals surface area (Å²) in [5.41, 5.74) is 1.46. The molecule has 2 rings (SSSR count). The minimum Gasteiger partial charge on any atom is -0.235 e. The summed E-state index contributed by atoms with van der Waals surface area (Å²) in [6, 6.07) is 6.84. The van der Waals surface area contributed by atoms with E-state index in [1.807, 2.05) is 0 Å². The van der Waals surface area contributed by atoms with Crippen molar-refractivity contribution < 1.29 is 4.39 Å². The van der Waals surface area contributed by atoms with Crippen LogP contribution in [0.15, 0.2) is 34.1 Å². The molecule has 0 radical (unpaired) electrons. The maximum absolute atomic E-state index is 13.8. The van der Waals surface area contributed by atoms with Crippen LogP contribution in [0.2, 0.25) is 0 Å². The van der Waals surface area contributed by atoms with Crippen molar-refractivity contribution in [3.63, 3.8) is 0 Å². The van der Waals surface area contributed by atoms with E-state index in [2.05, 4.69) is 27.0 Å². The van der Waals surface area contributed by atoms with Crippen LogP contribution in [0.4, 0.5) is 4.39 Å². The molecule has 1 heterocycles. The quantitative estimate of drug-likeness (QED) is 0.755. The van der Waals surface area contributed by atoms with Crippen molar-refractivity contribution in [3.8, 4) is 17.3 Å². The Morgan fingerprint density at radius 3 is 2.94 bits per heavy atom. The summed E-state index contributed by atoms with van der Waals surface area (Å²) < 4.78 is 14.4. The first-order valence-electron chi connectivity index (χ1n) is 5.14. The first kappa shape index (κ1) is 12.9. The number of halogens is 2. The van der Waals surface area contributed by atoms with Crippen LogP contribution in [0, 0.1) is 17.1 Å². The van der Waals surface area contributed by atoms with Gasteiger partial charge in [-0.3, -0.25) is 0 Å². The van der Waals surface area contributed by atoms with Crippen LogP contribution in [0.1, 0.15) is 11.9 Å². The van der Waals surface area contributed by atoms with Gasteiger partial charge in [-0.25, -0.2) is 9.37 Å². The number of thiazole rings is 1. The van der Waals surface area contributed by atoms with E-state index in [1.54, 1.807) is 30.5 Å². The van der Waals surface area contributed by atoms with E-state index in [0.29, 0.717) is 26.3 Å². The van der Waals surface area contributed by atoms with Gasteiger partial charge in [-0.15, -0.1) is 11.3 Å². The second kappa shape index (κ2) is 5.42. The molecule has 1 aromatic carbocycles. The fourth-order valence-corrected chi connectivity index (χ4v) is 2.87. The van der Waals surface area contributed by atoms with Gasteiger partial charge in [-0.1, -0.05) is 12.1 Å². The Hall–Kier alpha value is -1.51. The molecule has 1 aromatic heterocycles. The molecule has 0 aliphatic carbocycles. The van der Waals surface area contributed by atoms with Crippen molar-refractivity contribution in [2.45, 2.75) is 6.92 Å². The standard InChI is InChI=1S/C13H8BrFN2S/c1-2-8(6-16)13-17-11(7-18-13)12-9(14)4-3-5-10(12)15/h2-5,7H,1H3/b8-2+. The SMILES string of the molecule is C/C=C(\C#N)c1nc(-c2c(F)cccc2Br)cs1. The summed E-state index contributed by atoms with van der Waals surface area (Å²) in [5, 5.41) is 11.3. The van der Waals surface area contributed by atoms with Crippen molar-refractivity contribution in [3.05, 3.63) is 45.0 Å². The van der Waals surface area contributed by atoms with Gasteiger partial charge in [0.05, 0.1) is 16.8 Å². The fraction of sp³-hybridized carbons (Fsp3) is 0.0769. The highest BCUT2D eigenvalue weighted by Crippen LogP contribution is 2.32. The number of rotatable bonds is 2. The molecule has 0 aliphatic rings. The van der Waals surface area contributed by atoms with Crippen LogP contribution < -0.4 is 0 Å². The minimum atomic E-state index is -0.333. The Labute approximate surface area is 117 Å². The second-order valence-electron chi connectivity index (χ2n) is 3.45. The molecule has 18 heavy (non-hydrogen) atoms. The molecule has 2 nitrogen and oxygen atoms in total. The van der Waals surface area contributed by atoms with E-state index < -0.39 is 0 Å². The Kier molecular flexibility index (Phi) is 3.90. The lowest BCUT2D eigenvalue weighted by Gasteiger charge is -2.01. The van der Waals surface area contributed by atoms with Crippen LogP contribution in [0.5, 0.6) is 0 Å². The summed E-state index contributed by atoms with van der Waals surface area (Å²) in [7, 11) is 0. The Balaban J connectivity index is 2.52. The average molecular weight is 323 g/mol. The molecular formula is C13H8BrFN2S. The Morgan fingerprint density at radius 1 is 1.56 bits per heavy atom. The summed E-state index contributed by atoms with van der Waals surface area (Å²) in [6.45, 7) is 1.78. The zero-order chi connectivity index (χ0) is 13.1. The zero-order valence-electron chi connectivity index (χ0n) is 9.45. The molecule has 90 valence electrons. The van der Waals surface area contributed by atoms with Gasteiger partial charge in [-0.2, -0.15) is 5.26 Å². The van der Waals surface area contributed by atoms with Crippen LogP contribution in [0.3, 0.4) is 0 Å². The van der Waals surface area contributed by atoms with Crippen LogP contribution in [0.25, 0.3) is 16.8 Å².